The van der Waals surface area contributed by atoms with Crippen molar-refractivity contribution in [1.82, 2.24) is 10.6 Å². The molecule has 0 fully saturated rings. The summed E-state index contributed by atoms with van der Waals surface area (Å²) in [7, 11) is 0. The predicted octanol–water partition coefficient (Wildman–Crippen LogP) is 4.87. The van der Waals surface area contributed by atoms with E-state index in [1.807, 2.05) is 66.7 Å². The van der Waals surface area contributed by atoms with Gasteiger partial charge in [-0.1, -0.05) is 78.9 Å². The van der Waals surface area contributed by atoms with E-state index < -0.39 is 36.2 Å². The van der Waals surface area contributed by atoms with Crippen LogP contribution < -0.4 is 10.6 Å². The lowest BCUT2D eigenvalue weighted by molar-refractivity contribution is -0.137. The van der Waals surface area contributed by atoms with Crippen molar-refractivity contribution in [3.05, 3.63) is 95.6 Å². The maximum atomic E-state index is 13.2. The molecule has 204 valence electrons. The van der Waals surface area contributed by atoms with E-state index in [1.54, 1.807) is 13.8 Å². The lowest BCUT2D eigenvalue weighted by Gasteiger charge is -2.26. The summed E-state index contributed by atoms with van der Waals surface area (Å²) in [6.45, 7) is 3.80. The van der Waals surface area contributed by atoms with Crippen LogP contribution in [-0.2, 0) is 25.7 Å². The number of carbonyl (C=O) groups is 3. The van der Waals surface area contributed by atoms with Gasteiger partial charge in [0.15, 0.2) is 0 Å². The lowest BCUT2D eigenvalue weighted by Crippen LogP contribution is -2.54. The van der Waals surface area contributed by atoms with E-state index >= 15 is 0 Å². The number of carbonyl (C=O) groups excluding carboxylic acids is 2. The van der Waals surface area contributed by atoms with Crippen LogP contribution in [0.2, 0.25) is 0 Å². The minimum atomic E-state index is -1.04. The van der Waals surface area contributed by atoms with Crippen LogP contribution in [0.5, 0.6) is 0 Å². The van der Waals surface area contributed by atoms with Crippen molar-refractivity contribution < 1.29 is 29.0 Å². The molecule has 0 saturated carbocycles. The van der Waals surface area contributed by atoms with Gasteiger partial charge in [-0.05, 0) is 48.1 Å². The second-order valence-electron chi connectivity index (χ2n) is 9.79. The van der Waals surface area contributed by atoms with Crippen LogP contribution in [0.15, 0.2) is 78.9 Å². The molecule has 0 bridgehead atoms. The zero-order chi connectivity index (χ0) is 27.8. The molecule has 3 aromatic carbocycles. The first-order valence-electron chi connectivity index (χ1n) is 13.1. The van der Waals surface area contributed by atoms with E-state index in [9.17, 15) is 14.4 Å². The fourth-order valence-corrected chi connectivity index (χ4v) is 4.81. The molecule has 0 spiro atoms. The Bertz CT molecular complexity index is 1250. The molecule has 3 aromatic rings. The van der Waals surface area contributed by atoms with Crippen molar-refractivity contribution in [1.29, 1.82) is 0 Å². The largest absolute Gasteiger partial charge is 0.481 e. The van der Waals surface area contributed by atoms with Crippen molar-refractivity contribution in [3.8, 4) is 11.1 Å². The normalized spacial score (nSPS) is 14.4. The Labute approximate surface area is 228 Å². The molecule has 1 aliphatic carbocycles. The first-order chi connectivity index (χ1) is 18.8. The summed E-state index contributed by atoms with van der Waals surface area (Å²) < 4.78 is 11.6. The van der Waals surface area contributed by atoms with Crippen LogP contribution in [-0.4, -0.2) is 47.9 Å². The van der Waals surface area contributed by atoms with E-state index in [4.69, 9.17) is 14.6 Å². The van der Waals surface area contributed by atoms with E-state index in [0.29, 0.717) is 0 Å². The minimum Gasteiger partial charge on any atom is -0.481 e. The molecular formula is C31H34N2O6. The van der Waals surface area contributed by atoms with Gasteiger partial charge in [0.05, 0.1) is 12.7 Å². The van der Waals surface area contributed by atoms with Crippen molar-refractivity contribution in [2.24, 2.45) is 0 Å². The highest BCUT2D eigenvalue weighted by Crippen LogP contribution is 2.44. The number of carboxylic acid groups (broad SMARTS) is 1. The van der Waals surface area contributed by atoms with Gasteiger partial charge >= 0.3 is 12.1 Å². The summed E-state index contributed by atoms with van der Waals surface area (Å²) in [6, 6.07) is 24.2. The number of nitrogens with one attached hydrogen (secondary N) is 2. The highest BCUT2D eigenvalue weighted by molar-refractivity contribution is 5.86. The van der Waals surface area contributed by atoms with Crippen molar-refractivity contribution in [3.63, 3.8) is 0 Å². The van der Waals surface area contributed by atoms with Gasteiger partial charge in [-0.25, -0.2) is 4.79 Å². The Morgan fingerprint density at radius 2 is 1.44 bits per heavy atom. The van der Waals surface area contributed by atoms with Gasteiger partial charge in [0, 0.05) is 18.4 Å². The number of carboxylic acids is 1. The third-order valence-corrected chi connectivity index (χ3v) is 6.90. The van der Waals surface area contributed by atoms with Gasteiger partial charge < -0.3 is 25.2 Å². The third kappa shape index (κ3) is 7.23. The van der Waals surface area contributed by atoms with Gasteiger partial charge in [0.25, 0.3) is 0 Å². The second kappa shape index (κ2) is 13.1. The molecule has 0 heterocycles. The molecular weight excluding hydrogens is 496 g/mol. The van der Waals surface area contributed by atoms with Gasteiger partial charge in [0.1, 0.15) is 12.6 Å². The average Bonchev–Trinajstić information content (AvgIpc) is 3.26. The van der Waals surface area contributed by atoms with Gasteiger partial charge in [0.2, 0.25) is 5.91 Å². The predicted molar refractivity (Wildman–Crippen MR) is 147 cm³/mol. The quantitative estimate of drug-likeness (QED) is 0.308. The molecule has 3 N–H and O–H groups in total. The number of hydrogen-bond acceptors (Lipinski definition) is 5. The first kappa shape index (κ1) is 27.9. The molecule has 2 amide bonds. The Morgan fingerprint density at radius 3 is 2.05 bits per heavy atom. The Kier molecular flexibility index (Phi) is 9.33. The van der Waals surface area contributed by atoms with E-state index in [-0.39, 0.29) is 32.0 Å². The van der Waals surface area contributed by atoms with E-state index in [0.717, 1.165) is 27.8 Å². The second-order valence-corrected chi connectivity index (χ2v) is 9.79. The SMILES string of the molecule is CC(CCC(=O)O)NC(=O)[C@H](NC(=O)OCC1c2ccccc2-c2ccccc21)[C@H](C)OCc1ccccc1. The molecule has 0 aromatic heterocycles. The number of alkyl carbamates (subject to hydrolysis) is 1. The third-order valence-electron chi connectivity index (χ3n) is 6.90. The number of amides is 2. The summed E-state index contributed by atoms with van der Waals surface area (Å²) in [5.74, 6) is -1.52. The molecule has 3 atom stereocenters. The highest BCUT2D eigenvalue weighted by atomic mass is 16.5. The highest BCUT2D eigenvalue weighted by Gasteiger charge is 2.32. The summed E-state index contributed by atoms with van der Waals surface area (Å²) in [5.41, 5.74) is 5.36. The van der Waals surface area contributed by atoms with Gasteiger partial charge in [-0.3, -0.25) is 9.59 Å². The summed E-state index contributed by atoms with van der Waals surface area (Å²) >= 11 is 0. The topological polar surface area (TPSA) is 114 Å². The number of hydrogen-bond donors (Lipinski definition) is 3. The molecule has 1 unspecified atom stereocenters. The van der Waals surface area contributed by atoms with Crippen molar-refractivity contribution in [2.75, 3.05) is 6.61 Å². The maximum Gasteiger partial charge on any atom is 0.407 e. The van der Waals surface area contributed by atoms with Crippen LogP contribution in [0.25, 0.3) is 11.1 Å². The van der Waals surface area contributed by atoms with Crippen molar-refractivity contribution >= 4 is 18.0 Å². The molecule has 1 aliphatic rings. The van der Waals surface area contributed by atoms with Crippen LogP contribution in [0.4, 0.5) is 4.79 Å². The van der Waals surface area contributed by atoms with Crippen LogP contribution in [0.3, 0.4) is 0 Å². The number of aliphatic carboxylic acids is 1. The number of rotatable bonds is 12. The number of fused-ring (bicyclic) bond motifs is 3. The zero-order valence-corrected chi connectivity index (χ0v) is 22.1. The fraction of sp³-hybridized carbons (Fsp3) is 0.323. The molecule has 8 nitrogen and oxygen atoms in total. The standard InChI is InChI=1S/C31H34N2O6/c1-20(16-17-28(34)35)32-30(36)29(21(2)38-18-22-10-4-3-5-11-22)33-31(37)39-19-27-25-14-8-6-12-23(25)24-13-7-9-15-26(24)27/h3-15,20-21,27,29H,16-19H2,1-2H3,(H,32,36)(H,33,37)(H,34,35)/t20?,21-,29+/m0/s1. The number of benzene rings is 3. The zero-order valence-electron chi connectivity index (χ0n) is 22.1. The summed E-state index contributed by atoms with van der Waals surface area (Å²) in [5, 5.41) is 14.4. The molecule has 8 heteroatoms. The first-order valence-corrected chi connectivity index (χ1v) is 13.1. The van der Waals surface area contributed by atoms with E-state index in [2.05, 4.69) is 22.8 Å². The smallest absolute Gasteiger partial charge is 0.407 e. The number of ether oxygens (including phenoxy) is 2. The molecule has 0 radical (unpaired) electrons. The maximum absolute atomic E-state index is 13.2. The summed E-state index contributed by atoms with van der Waals surface area (Å²) in [4.78, 5) is 37.1. The molecule has 0 saturated heterocycles. The van der Waals surface area contributed by atoms with Gasteiger partial charge in [-0.15, -0.1) is 0 Å². The fourth-order valence-electron chi connectivity index (χ4n) is 4.81. The molecule has 0 aliphatic heterocycles. The van der Waals surface area contributed by atoms with Gasteiger partial charge in [-0.2, -0.15) is 0 Å². The molecule has 39 heavy (non-hydrogen) atoms. The Balaban J connectivity index is 1.42. The summed E-state index contributed by atoms with van der Waals surface area (Å²) in [6.07, 6.45) is -1.23. The van der Waals surface area contributed by atoms with Crippen LogP contribution >= 0.6 is 0 Å². The van der Waals surface area contributed by atoms with Crippen LogP contribution in [0.1, 0.15) is 49.3 Å². The molecule has 4 rings (SSSR count). The lowest BCUT2D eigenvalue weighted by atomic mass is 9.98. The average molecular weight is 531 g/mol. The van der Waals surface area contributed by atoms with E-state index in [1.165, 1.54) is 0 Å². The Morgan fingerprint density at radius 1 is 0.846 bits per heavy atom. The minimum absolute atomic E-state index is 0.0774. The monoisotopic (exact) mass is 530 g/mol. The van der Waals surface area contributed by atoms with Crippen molar-refractivity contribution in [2.45, 2.75) is 57.4 Å². The van der Waals surface area contributed by atoms with Crippen LogP contribution in [0, 0.1) is 0 Å². The Hall–Kier alpha value is -4.17.